The Bertz CT molecular complexity index is 481. The van der Waals surface area contributed by atoms with Crippen LogP contribution in [0.15, 0.2) is 18.3 Å². The van der Waals surface area contributed by atoms with Gasteiger partial charge in [-0.1, -0.05) is 0 Å². The smallest absolute Gasteiger partial charge is 0.179 e. The van der Waals surface area contributed by atoms with Crippen LogP contribution in [-0.4, -0.2) is 14.5 Å². The standard InChI is InChI=1S/C9H11N3S/c1-6(2)12-8-7(11-9(12)13)4-3-5-10-8/h3-6H,1-2H3,(H,11,13). The van der Waals surface area contributed by atoms with Crippen molar-refractivity contribution in [2.75, 3.05) is 0 Å². The topological polar surface area (TPSA) is 33.6 Å². The molecule has 0 fully saturated rings. The number of pyridine rings is 1. The van der Waals surface area contributed by atoms with Crippen molar-refractivity contribution in [2.24, 2.45) is 0 Å². The lowest BCUT2D eigenvalue weighted by molar-refractivity contribution is 0.605. The lowest BCUT2D eigenvalue weighted by Gasteiger charge is -2.06. The van der Waals surface area contributed by atoms with Crippen molar-refractivity contribution in [1.82, 2.24) is 14.5 Å². The predicted octanol–water partition coefficient (Wildman–Crippen LogP) is 2.67. The van der Waals surface area contributed by atoms with Crippen molar-refractivity contribution in [3.63, 3.8) is 0 Å². The minimum Gasteiger partial charge on any atom is -0.329 e. The highest BCUT2D eigenvalue weighted by molar-refractivity contribution is 7.71. The fourth-order valence-electron chi connectivity index (χ4n) is 1.44. The number of nitrogens with zero attached hydrogens (tertiary/aromatic N) is 2. The molecule has 2 aromatic rings. The van der Waals surface area contributed by atoms with Crippen LogP contribution < -0.4 is 0 Å². The summed E-state index contributed by atoms with van der Waals surface area (Å²) in [7, 11) is 0. The molecule has 4 heteroatoms. The average Bonchev–Trinajstić information content (AvgIpc) is 2.39. The van der Waals surface area contributed by atoms with Gasteiger partial charge in [0.05, 0.1) is 5.52 Å². The van der Waals surface area contributed by atoms with Gasteiger partial charge in [-0.2, -0.15) is 0 Å². The van der Waals surface area contributed by atoms with Gasteiger partial charge in [-0.3, -0.25) is 4.57 Å². The molecule has 0 aliphatic heterocycles. The normalized spacial score (nSPS) is 11.3. The van der Waals surface area contributed by atoms with Gasteiger partial charge in [-0.05, 0) is 38.2 Å². The van der Waals surface area contributed by atoms with Crippen LogP contribution in [0.5, 0.6) is 0 Å². The van der Waals surface area contributed by atoms with Gasteiger partial charge in [0.15, 0.2) is 10.4 Å². The summed E-state index contributed by atoms with van der Waals surface area (Å²) in [6.07, 6.45) is 1.78. The SMILES string of the molecule is CC(C)n1c(=S)[nH]c2cccnc21. The average molecular weight is 193 g/mol. The number of aromatic amines is 1. The Kier molecular flexibility index (Phi) is 1.92. The predicted molar refractivity (Wildman–Crippen MR) is 55.3 cm³/mol. The Morgan fingerprint density at radius 2 is 2.31 bits per heavy atom. The monoisotopic (exact) mass is 193 g/mol. The molecule has 0 spiro atoms. The van der Waals surface area contributed by atoms with E-state index in [-0.39, 0.29) is 0 Å². The molecule has 0 unspecified atom stereocenters. The molecule has 68 valence electrons. The Morgan fingerprint density at radius 3 is 3.00 bits per heavy atom. The molecular weight excluding hydrogens is 182 g/mol. The van der Waals surface area contributed by atoms with E-state index in [1.54, 1.807) is 6.20 Å². The fraction of sp³-hybridized carbons (Fsp3) is 0.333. The van der Waals surface area contributed by atoms with Crippen LogP contribution in [-0.2, 0) is 0 Å². The van der Waals surface area contributed by atoms with Gasteiger partial charge in [-0.25, -0.2) is 4.98 Å². The Balaban J connectivity index is 2.87. The molecule has 0 saturated carbocycles. The molecule has 0 saturated heterocycles. The number of hydrogen-bond donors (Lipinski definition) is 1. The minimum absolute atomic E-state index is 0.344. The third-order valence-electron chi connectivity index (χ3n) is 1.99. The zero-order chi connectivity index (χ0) is 9.42. The van der Waals surface area contributed by atoms with E-state index < -0.39 is 0 Å². The number of aromatic nitrogens is 3. The molecule has 2 aromatic heterocycles. The summed E-state index contributed by atoms with van der Waals surface area (Å²) in [5.74, 6) is 0. The molecule has 1 N–H and O–H groups in total. The third kappa shape index (κ3) is 1.27. The molecule has 0 aliphatic carbocycles. The molecule has 0 atom stereocenters. The maximum atomic E-state index is 5.20. The van der Waals surface area contributed by atoms with E-state index in [9.17, 15) is 0 Å². The molecule has 2 rings (SSSR count). The van der Waals surface area contributed by atoms with Crippen molar-refractivity contribution in [1.29, 1.82) is 0 Å². The fourth-order valence-corrected chi connectivity index (χ4v) is 1.84. The van der Waals surface area contributed by atoms with E-state index in [2.05, 4.69) is 23.8 Å². The summed E-state index contributed by atoms with van der Waals surface area (Å²) in [6.45, 7) is 4.19. The molecule has 0 radical (unpaired) electrons. The first-order valence-electron chi connectivity index (χ1n) is 4.25. The van der Waals surface area contributed by atoms with Crippen LogP contribution in [0.3, 0.4) is 0 Å². The molecule has 0 aromatic carbocycles. The summed E-state index contributed by atoms with van der Waals surface area (Å²) >= 11 is 5.20. The van der Waals surface area contributed by atoms with Crippen molar-refractivity contribution >= 4 is 23.4 Å². The van der Waals surface area contributed by atoms with Crippen molar-refractivity contribution < 1.29 is 0 Å². The first-order chi connectivity index (χ1) is 6.20. The van der Waals surface area contributed by atoms with Gasteiger partial charge >= 0.3 is 0 Å². The van der Waals surface area contributed by atoms with Crippen LogP contribution in [0.2, 0.25) is 0 Å². The van der Waals surface area contributed by atoms with Crippen molar-refractivity contribution in [3.8, 4) is 0 Å². The minimum atomic E-state index is 0.344. The number of fused-ring (bicyclic) bond motifs is 1. The lowest BCUT2D eigenvalue weighted by atomic mass is 10.4. The van der Waals surface area contributed by atoms with Crippen LogP contribution in [0, 0.1) is 4.77 Å². The highest BCUT2D eigenvalue weighted by Crippen LogP contribution is 2.15. The van der Waals surface area contributed by atoms with Gasteiger partial charge in [-0.15, -0.1) is 0 Å². The second-order valence-corrected chi connectivity index (χ2v) is 3.66. The molecular formula is C9H11N3S. The van der Waals surface area contributed by atoms with E-state index >= 15 is 0 Å². The Morgan fingerprint density at radius 1 is 1.54 bits per heavy atom. The molecule has 13 heavy (non-hydrogen) atoms. The second-order valence-electron chi connectivity index (χ2n) is 3.27. The number of imidazole rings is 1. The maximum Gasteiger partial charge on any atom is 0.179 e. The Labute approximate surface area is 81.4 Å². The molecule has 2 heterocycles. The van der Waals surface area contributed by atoms with Crippen molar-refractivity contribution in [3.05, 3.63) is 23.1 Å². The molecule has 0 bridgehead atoms. The van der Waals surface area contributed by atoms with E-state index in [1.165, 1.54) is 0 Å². The highest BCUT2D eigenvalue weighted by Gasteiger charge is 2.06. The number of hydrogen-bond acceptors (Lipinski definition) is 2. The quantitative estimate of drug-likeness (QED) is 0.706. The number of nitrogens with one attached hydrogen (secondary N) is 1. The van der Waals surface area contributed by atoms with Gasteiger partial charge in [0.25, 0.3) is 0 Å². The van der Waals surface area contributed by atoms with Crippen LogP contribution in [0.1, 0.15) is 19.9 Å². The van der Waals surface area contributed by atoms with E-state index in [0.717, 1.165) is 15.9 Å². The zero-order valence-electron chi connectivity index (χ0n) is 7.61. The largest absolute Gasteiger partial charge is 0.329 e. The van der Waals surface area contributed by atoms with Crippen LogP contribution in [0.25, 0.3) is 11.2 Å². The van der Waals surface area contributed by atoms with Crippen LogP contribution >= 0.6 is 12.2 Å². The summed E-state index contributed by atoms with van der Waals surface area (Å²) < 4.78 is 2.76. The molecule has 0 aliphatic rings. The van der Waals surface area contributed by atoms with E-state index in [4.69, 9.17) is 12.2 Å². The van der Waals surface area contributed by atoms with Gasteiger partial charge in [0, 0.05) is 12.2 Å². The number of H-pyrrole nitrogens is 1. The summed E-state index contributed by atoms with van der Waals surface area (Å²) in [5, 5.41) is 0. The summed E-state index contributed by atoms with van der Waals surface area (Å²) in [4.78, 5) is 7.41. The van der Waals surface area contributed by atoms with Gasteiger partial charge in [0.1, 0.15) is 0 Å². The summed E-state index contributed by atoms with van der Waals surface area (Å²) in [6, 6.07) is 4.23. The third-order valence-corrected chi connectivity index (χ3v) is 2.29. The summed E-state index contributed by atoms with van der Waals surface area (Å²) in [5.41, 5.74) is 1.93. The van der Waals surface area contributed by atoms with Crippen LogP contribution in [0.4, 0.5) is 0 Å². The zero-order valence-corrected chi connectivity index (χ0v) is 8.43. The first-order valence-corrected chi connectivity index (χ1v) is 4.66. The Hall–Kier alpha value is -1.16. The highest BCUT2D eigenvalue weighted by atomic mass is 32.1. The van der Waals surface area contributed by atoms with E-state index in [1.807, 2.05) is 16.7 Å². The first kappa shape index (κ1) is 8.44. The molecule has 0 amide bonds. The van der Waals surface area contributed by atoms with Crippen molar-refractivity contribution in [2.45, 2.75) is 19.9 Å². The maximum absolute atomic E-state index is 5.20. The lowest BCUT2D eigenvalue weighted by Crippen LogP contribution is -2.00. The van der Waals surface area contributed by atoms with Gasteiger partial charge < -0.3 is 4.98 Å². The van der Waals surface area contributed by atoms with E-state index in [0.29, 0.717) is 6.04 Å². The van der Waals surface area contributed by atoms with Gasteiger partial charge in [0.2, 0.25) is 0 Å². The number of rotatable bonds is 1. The second kappa shape index (κ2) is 2.96. The molecule has 3 nitrogen and oxygen atoms in total.